The van der Waals surface area contributed by atoms with Crippen LogP contribution in [-0.4, -0.2) is 33.4 Å². The summed E-state index contributed by atoms with van der Waals surface area (Å²) in [5.74, 6) is 0. The van der Waals surface area contributed by atoms with Gasteiger partial charge in [0.1, 0.15) is 5.25 Å². The average molecular weight is 302 g/mol. The van der Waals surface area contributed by atoms with E-state index in [0.717, 1.165) is 24.9 Å². The van der Waals surface area contributed by atoms with Gasteiger partial charge in [0, 0.05) is 6.04 Å². The van der Waals surface area contributed by atoms with Gasteiger partial charge in [0.2, 0.25) is 0 Å². The number of hydrogen-bond donors (Lipinski definition) is 1. The molecule has 4 nitrogen and oxygen atoms in total. The lowest BCUT2D eigenvalue weighted by atomic mass is 10.1. The second-order valence-corrected chi connectivity index (χ2v) is 7.65. The SMILES string of the molecule is O=S(=O)(c1ccc(C2CCCN2)cc1Cl)C1COC1. The lowest BCUT2D eigenvalue weighted by Gasteiger charge is -2.26. The number of halogens is 1. The molecule has 0 radical (unpaired) electrons. The number of nitrogens with one attached hydrogen (secondary N) is 1. The van der Waals surface area contributed by atoms with E-state index in [1.54, 1.807) is 12.1 Å². The Labute approximate surface area is 118 Å². The summed E-state index contributed by atoms with van der Waals surface area (Å²) in [6, 6.07) is 5.56. The van der Waals surface area contributed by atoms with Crippen LogP contribution in [0.3, 0.4) is 0 Å². The average Bonchev–Trinajstić information content (AvgIpc) is 2.78. The number of sulfone groups is 1. The molecule has 6 heteroatoms. The first kappa shape index (κ1) is 13.4. The van der Waals surface area contributed by atoms with Gasteiger partial charge in [0.05, 0.1) is 23.1 Å². The van der Waals surface area contributed by atoms with Crippen LogP contribution in [0.25, 0.3) is 0 Å². The molecule has 1 aromatic carbocycles. The van der Waals surface area contributed by atoms with Crippen molar-refractivity contribution in [1.82, 2.24) is 5.32 Å². The quantitative estimate of drug-likeness (QED) is 0.927. The molecule has 2 saturated heterocycles. The monoisotopic (exact) mass is 301 g/mol. The molecule has 19 heavy (non-hydrogen) atoms. The Morgan fingerprint density at radius 1 is 1.32 bits per heavy atom. The van der Waals surface area contributed by atoms with Crippen LogP contribution >= 0.6 is 11.6 Å². The van der Waals surface area contributed by atoms with Crippen molar-refractivity contribution in [3.05, 3.63) is 28.8 Å². The normalized spacial score (nSPS) is 24.4. The van der Waals surface area contributed by atoms with Crippen LogP contribution < -0.4 is 5.32 Å². The summed E-state index contributed by atoms with van der Waals surface area (Å²) >= 11 is 6.17. The van der Waals surface area contributed by atoms with Crippen LogP contribution in [0.1, 0.15) is 24.4 Å². The number of benzene rings is 1. The summed E-state index contributed by atoms with van der Waals surface area (Å²) in [7, 11) is -3.35. The van der Waals surface area contributed by atoms with E-state index >= 15 is 0 Å². The number of ether oxygens (including phenoxy) is 1. The van der Waals surface area contributed by atoms with Crippen molar-refractivity contribution in [2.45, 2.75) is 29.0 Å². The zero-order chi connectivity index (χ0) is 13.5. The molecule has 0 aliphatic carbocycles. The van der Waals surface area contributed by atoms with Crippen LogP contribution in [0.2, 0.25) is 5.02 Å². The van der Waals surface area contributed by atoms with E-state index in [-0.39, 0.29) is 18.1 Å². The summed E-state index contributed by atoms with van der Waals surface area (Å²) in [4.78, 5) is 0.226. The molecule has 0 saturated carbocycles. The van der Waals surface area contributed by atoms with Gasteiger partial charge in [-0.25, -0.2) is 8.42 Å². The molecule has 2 heterocycles. The van der Waals surface area contributed by atoms with E-state index in [9.17, 15) is 8.42 Å². The molecule has 0 amide bonds. The van der Waals surface area contributed by atoms with Crippen molar-refractivity contribution < 1.29 is 13.2 Å². The van der Waals surface area contributed by atoms with Crippen LogP contribution in [0.4, 0.5) is 0 Å². The van der Waals surface area contributed by atoms with Crippen molar-refractivity contribution in [2.24, 2.45) is 0 Å². The molecule has 104 valence electrons. The fourth-order valence-electron chi connectivity index (χ4n) is 2.51. The highest BCUT2D eigenvalue weighted by Crippen LogP contribution is 2.32. The van der Waals surface area contributed by atoms with Crippen LogP contribution in [-0.2, 0) is 14.6 Å². The van der Waals surface area contributed by atoms with Gasteiger partial charge in [0.25, 0.3) is 0 Å². The topological polar surface area (TPSA) is 55.4 Å². The van der Waals surface area contributed by atoms with E-state index < -0.39 is 15.1 Å². The molecule has 1 N–H and O–H groups in total. The third kappa shape index (κ3) is 2.40. The molecule has 2 fully saturated rings. The Kier molecular flexibility index (Phi) is 3.55. The van der Waals surface area contributed by atoms with Crippen molar-refractivity contribution >= 4 is 21.4 Å². The van der Waals surface area contributed by atoms with E-state index in [1.807, 2.05) is 6.07 Å². The second kappa shape index (κ2) is 5.05. The predicted molar refractivity (Wildman–Crippen MR) is 73.2 cm³/mol. The summed E-state index contributed by atoms with van der Waals surface area (Å²) in [6.45, 7) is 1.54. The maximum atomic E-state index is 12.3. The molecule has 1 aromatic rings. The van der Waals surface area contributed by atoms with Gasteiger partial charge in [-0.05, 0) is 37.1 Å². The Morgan fingerprint density at radius 3 is 2.63 bits per heavy atom. The summed E-state index contributed by atoms with van der Waals surface area (Å²) < 4.78 is 29.5. The first-order valence-corrected chi connectivity index (χ1v) is 8.36. The third-order valence-electron chi connectivity index (χ3n) is 3.77. The van der Waals surface area contributed by atoms with Gasteiger partial charge >= 0.3 is 0 Å². The minimum absolute atomic E-state index is 0.226. The molecule has 0 bridgehead atoms. The molecule has 1 unspecified atom stereocenters. The van der Waals surface area contributed by atoms with Crippen molar-refractivity contribution in [2.75, 3.05) is 19.8 Å². The number of hydrogen-bond acceptors (Lipinski definition) is 4. The van der Waals surface area contributed by atoms with Gasteiger partial charge in [-0.1, -0.05) is 17.7 Å². The van der Waals surface area contributed by atoms with Crippen molar-refractivity contribution in [3.63, 3.8) is 0 Å². The Morgan fingerprint density at radius 2 is 2.11 bits per heavy atom. The minimum atomic E-state index is -3.35. The van der Waals surface area contributed by atoms with E-state index in [1.165, 1.54) is 0 Å². The van der Waals surface area contributed by atoms with Gasteiger partial charge < -0.3 is 10.1 Å². The Hall–Kier alpha value is -0.620. The molecule has 2 aliphatic rings. The van der Waals surface area contributed by atoms with Crippen molar-refractivity contribution in [3.8, 4) is 0 Å². The zero-order valence-electron chi connectivity index (χ0n) is 10.4. The predicted octanol–water partition coefficient (Wildman–Crippen LogP) is 1.94. The molecular formula is C13H16ClNO3S. The van der Waals surface area contributed by atoms with Crippen molar-refractivity contribution in [1.29, 1.82) is 0 Å². The smallest absolute Gasteiger partial charge is 0.187 e. The molecular weight excluding hydrogens is 286 g/mol. The lowest BCUT2D eigenvalue weighted by Crippen LogP contribution is -2.40. The fraction of sp³-hybridized carbons (Fsp3) is 0.538. The van der Waals surface area contributed by atoms with E-state index in [2.05, 4.69) is 5.32 Å². The maximum absolute atomic E-state index is 12.3. The van der Waals surface area contributed by atoms with Gasteiger partial charge in [-0.2, -0.15) is 0 Å². The second-order valence-electron chi connectivity index (χ2n) is 5.04. The zero-order valence-corrected chi connectivity index (χ0v) is 12.0. The van der Waals surface area contributed by atoms with E-state index in [4.69, 9.17) is 16.3 Å². The highest BCUT2D eigenvalue weighted by atomic mass is 35.5. The van der Waals surface area contributed by atoms with Gasteiger partial charge in [0.15, 0.2) is 9.84 Å². The highest BCUT2D eigenvalue weighted by Gasteiger charge is 2.35. The summed E-state index contributed by atoms with van der Waals surface area (Å²) in [5, 5.41) is 3.25. The Bertz CT molecular complexity index is 578. The molecule has 3 rings (SSSR count). The molecule has 1 atom stereocenters. The highest BCUT2D eigenvalue weighted by molar-refractivity contribution is 7.92. The number of rotatable bonds is 3. The molecule has 0 aromatic heterocycles. The first-order chi connectivity index (χ1) is 9.09. The van der Waals surface area contributed by atoms with Gasteiger partial charge in [-0.15, -0.1) is 0 Å². The first-order valence-electron chi connectivity index (χ1n) is 6.43. The van der Waals surface area contributed by atoms with Crippen LogP contribution in [0.5, 0.6) is 0 Å². The van der Waals surface area contributed by atoms with Crippen LogP contribution in [0, 0.1) is 0 Å². The molecule has 2 aliphatic heterocycles. The van der Waals surface area contributed by atoms with Gasteiger partial charge in [-0.3, -0.25) is 0 Å². The minimum Gasteiger partial charge on any atom is -0.379 e. The Balaban J connectivity index is 1.91. The summed E-state index contributed by atoms with van der Waals surface area (Å²) in [5.41, 5.74) is 1.06. The largest absolute Gasteiger partial charge is 0.379 e. The molecule has 0 spiro atoms. The standard InChI is InChI=1S/C13H16ClNO3S/c14-11-6-9(12-2-1-5-15-12)3-4-13(11)19(16,17)10-7-18-8-10/h3-4,6,10,12,15H,1-2,5,7-8H2. The van der Waals surface area contributed by atoms with E-state index in [0.29, 0.717) is 11.1 Å². The third-order valence-corrected chi connectivity index (χ3v) is 6.32. The van der Waals surface area contributed by atoms with Crippen LogP contribution in [0.15, 0.2) is 23.1 Å². The maximum Gasteiger partial charge on any atom is 0.187 e. The lowest BCUT2D eigenvalue weighted by molar-refractivity contribution is 0.0416. The summed E-state index contributed by atoms with van der Waals surface area (Å²) in [6.07, 6.45) is 2.21. The fourth-order valence-corrected chi connectivity index (χ4v) is 4.52.